The number of rotatable bonds is 5. The van der Waals surface area contributed by atoms with Crippen molar-refractivity contribution in [3.8, 4) is 0 Å². The molecule has 0 saturated carbocycles. The molecule has 2 aromatic rings. The Morgan fingerprint density at radius 1 is 1.26 bits per heavy atom. The van der Waals surface area contributed by atoms with Gasteiger partial charge >= 0.3 is 0 Å². The minimum Gasteiger partial charge on any atom is -0.387 e. The maximum Gasteiger partial charge on any atom is 0.244 e. The van der Waals surface area contributed by atoms with E-state index in [4.69, 9.17) is 0 Å². The van der Waals surface area contributed by atoms with Gasteiger partial charge in [-0.3, -0.25) is 19.3 Å². The summed E-state index contributed by atoms with van der Waals surface area (Å²) in [5.41, 5.74) is 2.67. The van der Waals surface area contributed by atoms with Crippen LogP contribution in [0.1, 0.15) is 53.3 Å². The summed E-state index contributed by atoms with van der Waals surface area (Å²) >= 11 is 0. The molecular formula is C20H26N4O3. The molecule has 1 N–H and O–H groups in total. The van der Waals surface area contributed by atoms with Crippen LogP contribution in [-0.4, -0.2) is 49.6 Å². The molecule has 0 aromatic carbocycles. The number of hydrogen-bond acceptors (Lipinski definition) is 5. The van der Waals surface area contributed by atoms with E-state index >= 15 is 0 Å². The van der Waals surface area contributed by atoms with Gasteiger partial charge in [-0.15, -0.1) is 0 Å². The molecule has 0 spiro atoms. The molecule has 0 bridgehead atoms. The average Bonchev–Trinajstić information content (AvgIpc) is 2.95. The summed E-state index contributed by atoms with van der Waals surface area (Å²) in [6.45, 7) is 6.46. The highest BCUT2D eigenvalue weighted by Gasteiger charge is 2.29. The minimum absolute atomic E-state index is 0.0125. The molecule has 1 amide bonds. The van der Waals surface area contributed by atoms with Crippen LogP contribution >= 0.6 is 0 Å². The van der Waals surface area contributed by atoms with Crippen molar-refractivity contribution in [2.45, 2.75) is 46.3 Å². The van der Waals surface area contributed by atoms with Crippen LogP contribution in [0.3, 0.4) is 0 Å². The van der Waals surface area contributed by atoms with Gasteiger partial charge in [-0.1, -0.05) is 6.07 Å². The number of carbonyl (C=O) groups excluding carboxylic acids is 2. The number of amides is 1. The van der Waals surface area contributed by atoms with Gasteiger partial charge in [0.2, 0.25) is 5.91 Å². The Bertz CT molecular complexity index is 823. The molecule has 144 valence electrons. The van der Waals surface area contributed by atoms with Crippen molar-refractivity contribution in [3.05, 3.63) is 47.0 Å². The van der Waals surface area contributed by atoms with Crippen LogP contribution in [0.15, 0.2) is 24.4 Å². The second-order valence-electron chi connectivity index (χ2n) is 7.18. The Kier molecular flexibility index (Phi) is 5.70. The zero-order valence-corrected chi connectivity index (χ0v) is 16.1. The fourth-order valence-electron chi connectivity index (χ4n) is 3.85. The lowest BCUT2D eigenvalue weighted by Crippen LogP contribution is -2.41. The van der Waals surface area contributed by atoms with Crippen molar-refractivity contribution in [2.24, 2.45) is 5.92 Å². The predicted molar refractivity (Wildman–Crippen MR) is 100 cm³/mol. The van der Waals surface area contributed by atoms with Crippen molar-refractivity contribution >= 4 is 11.7 Å². The number of aliphatic hydroxyl groups is 1. The Labute approximate surface area is 159 Å². The summed E-state index contributed by atoms with van der Waals surface area (Å²) in [6, 6.07) is 5.53. The molecule has 2 aromatic heterocycles. The van der Waals surface area contributed by atoms with E-state index in [0.29, 0.717) is 30.0 Å². The van der Waals surface area contributed by atoms with Crippen LogP contribution in [0.2, 0.25) is 0 Å². The summed E-state index contributed by atoms with van der Waals surface area (Å²) in [7, 11) is 0. The number of pyridine rings is 1. The van der Waals surface area contributed by atoms with E-state index in [1.165, 1.54) is 6.92 Å². The standard InChI is InChI=1S/C20H26N4O3/c1-13-19(15(3)25)14(2)24(22-13)12-18(26)23-10-7-16(8-11-23)20(27)17-6-4-5-9-21-17/h4-6,9,16,20,27H,7-8,10-12H2,1-3H3. The number of Topliss-reactive ketones (excluding diaryl/α,β-unsaturated/α-hetero) is 1. The molecule has 1 fully saturated rings. The van der Waals surface area contributed by atoms with Gasteiger partial charge in [-0.2, -0.15) is 5.10 Å². The fourth-order valence-corrected chi connectivity index (χ4v) is 3.85. The highest BCUT2D eigenvalue weighted by molar-refractivity contribution is 5.96. The van der Waals surface area contributed by atoms with Crippen LogP contribution in [0.25, 0.3) is 0 Å². The molecule has 3 rings (SSSR count). The van der Waals surface area contributed by atoms with Crippen molar-refractivity contribution in [2.75, 3.05) is 13.1 Å². The Morgan fingerprint density at radius 3 is 2.52 bits per heavy atom. The van der Waals surface area contributed by atoms with Crippen LogP contribution < -0.4 is 0 Å². The third-order valence-electron chi connectivity index (χ3n) is 5.35. The van der Waals surface area contributed by atoms with Crippen molar-refractivity contribution in [3.63, 3.8) is 0 Å². The van der Waals surface area contributed by atoms with Crippen LogP contribution in [0, 0.1) is 19.8 Å². The maximum absolute atomic E-state index is 12.7. The number of aromatic nitrogens is 3. The van der Waals surface area contributed by atoms with E-state index in [-0.39, 0.29) is 24.2 Å². The van der Waals surface area contributed by atoms with E-state index in [0.717, 1.165) is 18.5 Å². The van der Waals surface area contributed by atoms with E-state index in [1.807, 2.05) is 30.0 Å². The van der Waals surface area contributed by atoms with Gasteiger partial charge in [0.15, 0.2) is 5.78 Å². The normalized spacial score (nSPS) is 16.4. The first-order chi connectivity index (χ1) is 12.9. The van der Waals surface area contributed by atoms with E-state index < -0.39 is 6.10 Å². The van der Waals surface area contributed by atoms with Gasteiger partial charge in [-0.05, 0) is 51.7 Å². The minimum atomic E-state index is -0.599. The summed E-state index contributed by atoms with van der Waals surface area (Å²) in [6.07, 6.45) is 2.55. The lowest BCUT2D eigenvalue weighted by Gasteiger charge is -2.34. The van der Waals surface area contributed by atoms with E-state index in [9.17, 15) is 14.7 Å². The molecule has 7 heteroatoms. The average molecular weight is 370 g/mol. The quantitative estimate of drug-likeness (QED) is 0.814. The molecule has 0 radical (unpaired) electrons. The fraction of sp³-hybridized carbons (Fsp3) is 0.500. The monoisotopic (exact) mass is 370 g/mol. The highest BCUT2D eigenvalue weighted by atomic mass is 16.3. The van der Waals surface area contributed by atoms with Gasteiger partial charge < -0.3 is 10.0 Å². The number of ketones is 1. The van der Waals surface area contributed by atoms with Gasteiger partial charge in [-0.25, -0.2) is 0 Å². The lowest BCUT2D eigenvalue weighted by atomic mass is 9.89. The van der Waals surface area contributed by atoms with Gasteiger partial charge in [0.05, 0.1) is 23.1 Å². The molecule has 1 aliphatic heterocycles. The molecular weight excluding hydrogens is 344 g/mol. The molecule has 1 unspecified atom stereocenters. The second-order valence-corrected chi connectivity index (χ2v) is 7.18. The number of aliphatic hydroxyl groups excluding tert-OH is 1. The SMILES string of the molecule is CC(=O)c1c(C)nn(CC(=O)N2CCC(C(O)c3ccccn3)CC2)c1C. The van der Waals surface area contributed by atoms with Crippen molar-refractivity contribution in [1.29, 1.82) is 0 Å². The number of aryl methyl sites for hydroxylation is 1. The Balaban J connectivity index is 1.59. The highest BCUT2D eigenvalue weighted by Crippen LogP contribution is 2.29. The first-order valence-corrected chi connectivity index (χ1v) is 9.30. The number of nitrogens with zero attached hydrogens (tertiary/aromatic N) is 4. The Hall–Kier alpha value is -2.54. The van der Waals surface area contributed by atoms with Crippen molar-refractivity contribution in [1.82, 2.24) is 19.7 Å². The largest absolute Gasteiger partial charge is 0.387 e. The molecule has 27 heavy (non-hydrogen) atoms. The molecule has 3 heterocycles. The second kappa shape index (κ2) is 8.00. The van der Waals surface area contributed by atoms with Crippen LogP contribution in [-0.2, 0) is 11.3 Å². The molecule has 7 nitrogen and oxygen atoms in total. The lowest BCUT2D eigenvalue weighted by molar-refractivity contribution is -0.134. The summed E-state index contributed by atoms with van der Waals surface area (Å²) < 4.78 is 1.61. The maximum atomic E-state index is 12.7. The van der Waals surface area contributed by atoms with Gasteiger partial charge in [0.25, 0.3) is 0 Å². The molecule has 1 atom stereocenters. The summed E-state index contributed by atoms with van der Waals surface area (Å²) in [5.74, 6) is 0.0523. The molecule has 1 aliphatic rings. The zero-order chi connectivity index (χ0) is 19.6. The zero-order valence-electron chi connectivity index (χ0n) is 16.1. The van der Waals surface area contributed by atoms with E-state index in [1.54, 1.807) is 17.8 Å². The molecule has 1 saturated heterocycles. The number of carbonyl (C=O) groups is 2. The van der Waals surface area contributed by atoms with Gasteiger partial charge in [0, 0.05) is 25.0 Å². The number of hydrogen-bond donors (Lipinski definition) is 1. The summed E-state index contributed by atoms with van der Waals surface area (Å²) in [4.78, 5) is 30.4. The third-order valence-corrected chi connectivity index (χ3v) is 5.35. The first-order valence-electron chi connectivity index (χ1n) is 9.30. The summed E-state index contributed by atoms with van der Waals surface area (Å²) in [5, 5.41) is 14.9. The third kappa shape index (κ3) is 4.08. The smallest absolute Gasteiger partial charge is 0.244 e. The number of likely N-dealkylation sites (tertiary alicyclic amines) is 1. The van der Waals surface area contributed by atoms with Gasteiger partial charge in [0.1, 0.15) is 6.54 Å². The van der Waals surface area contributed by atoms with Crippen LogP contribution in [0.4, 0.5) is 0 Å². The van der Waals surface area contributed by atoms with Crippen LogP contribution in [0.5, 0.6) is 0 Å². The van der Waals surface area contributed by atoms with E-state index in [2.05, 4.69) is 10.1 Å². The topological polar surface area (TPSA) is 88.3 Å². The predicted octanol–water partition coefficient (Wildman–Crippen LogP) is 2.07. The number of piperidine rings is 1. The first kappa shape index (κ1) is 19.2. The Morgan fingerprint density at radius 2 is 1.96 bits per heavy atom. The molecule has 0 aliphatic carbocycles. The van der Waals surface area contributed by atoms with Crippen molar-refractivity contribution < 1.29 is 14.7 Å².